The maximum atomic E-state index is 6.67. The van der Waals surface area contributed by atoms with Crippen LogP contribution in [-0.4, -0.2) is 6.61 Å². The second-order valence-electron chi connectivity index (χ2n) is 6.79. The van der Waals surface area contributed by atoms with Gasteiger partial charge < -0.3 is 9.47 Å². The summed E-state index contributed by atoms with van der Waals surface area (Å²) in [5, 5.41) is 0. The van der Waals surface area contributed by atoms with Gasteiger partial charge in [-0.2, -0.15) is 0 Å². The summed E-state index contributed by atoms with van der Waals surface area (Å²) in [6.07, 6.45) is 1.89. The van der Waals surface area contributed by atoms with Gasteiger partial charge in [0, 0.05) is 23.1 Å². The molecule has 0 aromatic heterocycles. The minimum Gasteiger partial charge on any atom is -0.457 e. The second kappa shape index (κ2) is 6.15. The number of ether oxygens (including phenoxy) is 2. The van der Waals surface area contributed by atoms with Gasteiger partial charge in [-0.15, -0.1) is 0 Å². The lowest BCUT2D eigenvalue weighted by molar-refractivity contribution is -0.177. The van der Waals surface area contributed by atoms with Crippen molar-refractivity contribution in [3.05, 3.63) is 107 Å². The second-order valence-corrected chi connectivity index (χ2v) is 6.79. The van der Waals surface area contributed by atoms with E-state index in [0.29, 0.717) is 0 Å². The monoisotopic (exact) mass is 340 g/mol. The fourth-order valence-electron chi connectivity index (χ4n) is 4.02. The van der Waals surface area contributed by atoms with Crippen LogP contribution in [0.3, 0.4) is 0 Å². The van der Waals surface area contributed by atoms with Gasteiger partial charge in [0.2, 0.25) is 5.79 Å². The van der Waals surface area contributed by atoms with E-state index in [1.54, 1.807) is 0 Å². The molecule has 128 valence electrons. The Hall–Kier alpha value is -2.84. The topological polar surface area (TPSA) is 18.5 Å². The van der Waals surface area contributed by atoms with Gasteiger partial charge in [0.15, 0.2) is 0 Å². The molecule has 1 fully saturated rings. The summed E-state index contributed by atoms with van der Waals surface area (Å²) >= 11 is 0. The zero-order chi connectivity index (χ0) is 17.4. The molecule has 1 unspecified atom stereocenters. The molecule has 3 aromatic carbocycles. The minimum absolute atomic E-state index is 0.667. The fourth-order valence-corrected chi connectivity index (χ4v) is 4.02. The molecule has 3 aromatic rings. The van der Waals surface area contributed by atoms with Crippen LogP contribution in [0.15, 0.2) is 84.9 Å². The summed E-state index contributed by atoms with van der Waals surface area (Å²) in [7, 11) is 0. The van der Waals surface area contributed by atoms with Crippen molar-refractivity contribution in [2.45, 2.75) is 18.6 Å². The first kappa shape index (κ1) is 15.4. The highest BCUT2D eigenvalue weighted by molar-refractivity contribution is 5.98. The number of rotatable bonds is 2. The highest BCUT2D eigenvalue weighted by atomic mass is 16.7. The molecule has 0 aliphatic carbocycles. The standard InChI is InChI=1S/C24H20O2/c1-3-10-18(11-4-1)22-20-14-7-8-15-21(20)24(16-9-17-25-24)26-23(22)19-12-5-2-6-13-19/h1-8,10-15H,9,16-17H2. The van der Waals surface area contributed by atoms with Crippen molar-refractivity contribution in [3.63, 3.8) is 0 Å². The van der Waals surface area contributed by atoms with E-state index in [1.165, 1.54) is 5.56 Å². The Morgan fingerprint density at radius 1 is 0.692 bits per heavy atom. The maximum absolute atomic E-state index is 6.67. The third-order valence-corrected chi connectivity index (χ3v) is 5.18. The molecule has 0 N–H and O–H groups in total. The summed E-state index contributed by atoms with van der Waals surface area (Å²) < 4.78 is 12.9. The first-order valence-electron chi connectivity index (χ1n) is 9.15. The number of benzene rings is 3. The SMILES string of the molecule is c1ccc(C2=C(c3ccccc3)c3ccccc3C3(CCCO3)O2)cc1. The average molecular weight is 340 g/mol. The normalized spacial score (nSPS) is 21.5. The Kier molecular flexibility index (Phi) is 3.65. The van der Waals surface area contributed by atoms with Crippen LogP contribution in [0.5, 0.6) is 0 Å². The Bertz CT molecular complexity index is 952. The van der Waals surface area contributed by atoms with Gasteiger partial charge in [0.1, 0.15) is 5.76 Å². The van der Waals surface area contributed by atoms with Gasteiger partial charge in [-0.05, 0) is 17.5 Å². The largest absolute Gasteiger partial charge is 0.457 e. The number of fused-ring (bicyclic) bond motifs is 2. The molecule has 1 atom stereocenters. The molecule has 2 heterocycles. The van der Waals surface area contributed by atoms with Crippen LogP contribution in [0.1, 0.15) is 35.1 Å². The molecule has 0 saturated carbocycles. The highest BCUT2D eigenvalue weighted by Crippen LogP contribution is 2.50. The molecule has 2 aliphatic heterocycles. The van der Waals surface area contributed by atoms with E-state index in [2.05, 4.69) is 72.8 Å². The van der Waals surface area contributed by atoms with Crippen molar-refractivity contribution in [2.24, 2.45) is 0 Å². The molecule has 0 radical (unpaired) electrons. The highest BCUT2D eigenvalue weighted by Gasteiger charge is 2.45. The third kappa shape index (κ3) is 2.38. The lowest BCUT2D eigenvalue weighted by Crippen LogP contribution is -2.32. The van der Waals surface area contributed by atoms with Gasteiger partial charge in [-0.1, -0.05) is 84.9 Å². The van der Waals surface area contributed by atoms with Crippen molar-refractivity contribution in [3.8, 4) is 0 Å². The van der Waals surface area contributed by atoms with Gasteiger partial charge in [0.05, 0.1) is 6.61 Å². The molecular formula is C24H20O2. The van der Waals surface area contributed by atoms with Crippen molar-refractivity contribution in [1.82, 2.24) is 0 Å². The molecule has 2 nitrogen and oxygen atoms in total. The van der Waals surface area contributed by atoms with Crippen molar-refractivity contribution in [1.29, 1.82) is 0 Å². The molecular weight excluding hydrogens is 320 g/mol. The first-order valence-corrected chi connectivity index (χ1v) is 9.15. The molecule has 26 heavy (non-hydrogen) atoms. The van der Waals surface area contributed by atoms with E-state index in [0.717, 1.165) is 47.5 Å². The predicted octanol–water partition coefficient (Wildman–Crippen LogP) is 5.60. The van der Waals surface area contributed by atoms with Crippen LogP contribution in [0.4, 0.5) is 0 Å². The van der Waals surface area contributed by atoms with Crippen LogP contribution < -0.4 is 0 Å². The van der Waals surface area contributed by atoms with Gasteiger partial charge in [-0.3, -0.25) is 0 Å². The zero-order valence-corrected chi connectivity index (χ0v) is 14.5. The quantitative estimate of drug-likeness (QED) is 0.605. The van der Waals surface area contributed by atoms with Crippen LogP contribution in [0.2, 0.25) is 0 Å². The van der Waals surface area contributed by atoms with Crippen LogP contribution >= 0.6 is 0 Å². The summed E-state index contributed by atoms with van der Waals surface area (Å²) in [6.45, 7) is 0.733. The van der Waals surface area contributed by atoms with Crippen molar-refractivity contribution in [2.75, 3.05) is 6.61 Å². The maximum Gasteiger partial charge on any atom is 0.238 e. The van der Waals surface area contributed by atoms with Gasteiger partial charge in [-0.25, -0.2) is 0 Å². The van der Waals surface area contributed by atoms with Gasteiger partial charge in [0.25, 0.3) is 0 Å². The molecule has 2 aliphatic rings. The summed E-state index contributed by atoms with van der Waals surface area (Å²) in [4.78, 5) is 0. The Morgan fingerprint density at radius 3 is 2.04 bits per heavy atom. The molecule has 0 bridgehead atoms. The van der Waals surface area contributed by atoms with E-state index in [4.69, 9.17) is 9.47 Å². The van der Waals surface area contributed by atoms with Crippen LogP contribution in [0.25, 0.3) is 11.3 Å². The molecule has 5 rings (SSSR count). The fraction of sp³-hybridized carbons (Fsp3) is 0.167. The van der Waals surface area contributed by atoms with Crippen LogP contribution in [0, 0.1) is 0 Å². The Labute approximate surface area is 153 Å². The summed E-state index contributed by atoms with van der Waals surface area (Å²) in [5.74, 6) is 0.234. The van der Waals surface area contributed by atoms with E-state index in [-0.39, 0.29) is 0 Å². The van der Waals surface area contributed by atoms with E-state index in [1.807, 2.05) is 12.1 Å². The third-order valence-electron chi connectivity index (χ3n) is 5.18. The van der Waals surface area contributed by atoms with Gasteiger partial charge >= 0.3 is 0 Å². The summed E-state index contributed by atoms with van der Waals surface area (Å²) in [6, 6.07) is 29.3. The van der Waals surface area contributed by atoms with E-state index < -0.39 is 5.79 Å². The summed E-state index contributed by atoms with van der Waals surface area (Å²) in [5.41, 5.74) is 5.71. The molecule has 0 amide bonds. The lowest BCUT2D eigenvalue weighted by atomic mass is 9.85. The lowest BCUT2D eigenvalue weighted by Gasteiger charge is -2.38. The van der Waals surface area contributed by atoms with Crippen LogP contribution in [-0.2, 0) is 15.3 Å². The van der Waals surface area contributed by atoms with E-state index >= 15 is 0 Å². The first-order chi connectivity index (χ1) is 12.9. The minimum atomic E-state index is -0.667. The smallest absolute Gasteiger partial charge is 0.238 e. The Balaban J connectivity index is 1.82. The zero-order valence-electron chi connectivity index (χ0n) is 14.5. The number of hydrogen-bond acceptors (Lipinski definition) is 2. The molecule has 1 saturated heterocycles. The van der Waals surface area contributed by atoms with Crippen molar-refractivity contribution < 1.29 is 9.47 Å². The average Bonchev–Trinajstić information content (AvgIpc) is 3.18. The molecule has 2 heteroatoms. The Morgan fingerprint density at radius 2 is 1.35 bits per heavy atom. The molecule has 1 spiro atoms. The number of hydrogen-bond donors (Lipinski definition) is 0. The van der Waals surface area contributed by atoms with E-state index in [9.17, 15) is 0 Å². The van der Waals surface area contributed by atoms with Crippen molar-refractivity contribution >= 4 is 11.3 Å². The predicted molar refractivity (Wildman–Crippen MR) is 103 cm³/mol.